The van der Waals surface area contributed by atoms with E-state index in [-0.39, 0.29) is 48.8 Å². The number of anilines is 1. The average molecular weight is 401 g/mol. The Morgan fingerprint density at radius 3 is 2.22 bits per heavy atom. The van der Waals surface area contributed by atoms with Gasteiger partial charge in [0, 0.05) is 30.6 Å². The molecule has 0 unspecified atom stereocenters. The predicted octanol–water partition coefficient (Wildman–Crippen LogP) is 4.50. The Kier molecular flexibility index (Phi) is 7.99. The highest BCUT2D eigenvalue weighted by atomic mass is 35.5. The average Bonchev–Trinajstić information content (AvgIpc) is 2.59. The third kappa shape index (κ3) is 6.69. The first-order valence-electron chi connectivity index (χ1n) is 8.00. The van der Waals surface area contributed by atoms with Gasteiger partial charge >= 0.3 is 6.18 Å². The lowest BCUT2D eigenvalue weighted by Crippen LogP contribution is -2.15. The summed E-state index contributed by atoms with van der Waals surface area (Å²) in [4.78, 5) is 24.0. The van der Waals surface area contributed by atoms with Crippen LogP contribution in [0.25, 0.3) is 0 Å². The lowest BCUT2D eigenvalue weighted by atomic mass is 10.0. The molecule has 2 aromatic rings. The van der Waals surface area contributed by atoms with Gasteiger partial charge in [-0.05, 0) is 30.7 Å². The van der Waals surface area contributed by atoms with Crippen LogP contribution in [0.5, 0.6) is 0 Å². The van der Waals surface area contributed by atoms with Crippen LogP contribution in [0.3, 0.4) is 0 Å². The summed E-state index contributed by atoms with van der Waals surface area (Å²) < 4.78 is 38.7. The van der Waals surface area contributed by atoms with Crippen molar-refractivity contribution in [3.05, 3.63) is 64.7 Å². The monoisotopic (exact) mass is 400 g/mol. The Morgan fingerprint density at radius 2 is 1.67 bits per heavy atom. The summed E-state index contributed by atoms with van der Waals surface area (Å²) in [7, 11) is 0. The first kappa shape index (κ1) is 22.7. The maximum Gasteiger partial charge on any atom is 0.416 e. The third-order valence-electron chi connectivity index (χ3n) is 3.79. The van der Waals surface area contributed by atoms with Crippen LogP contribution in [0.2, 0.25) is 0 Å². The zero-order valence-corrected chi connectivity index (χ0v) is 15.4. The number of nitrogens with two attached hydrogens (primary N) is 1. The van der Waals surface area contributed by atoms with Crippen molar-refractivity contribution in [3.63, 3.8) is 0 Å². The number of benzene rings is 2. The molecule has 2 rings (SSSR count). The predicted molar refractivity (Wildman–Crippen MR) is 100.0 cm³/mol. The molecule has 27 heavy (non-hydrogen) atoms. The summed E-state index contributed by atoms with van der Waals surface area (Å²) in [6.45, 7) is 1.81. The summed E-state index contributed by atoms with van der Waals surface area (Å²) >= 11 is 0. The normalized spacial score (nSPS) is 10.9. The molecule has 146 valence electrons. The molecule has 0 saturated carbocycles. The molecule has 4 nitrogen and oxygen atoms in total. The molecule has 0 spiro atoms. The molecule has 0 aliphatic rings. The fourth-order valence-corrected chi connectivity index (χ4v) is 2.38. The van der Waals surface area contributed by atoms with Gasteiger partial charge in [-0.2, -0.15) is 13.2 Å². The van der Waals surface area contributed by atoms with E-state index in [1.54, 1.807) is 24.3 Å². The Balaban J connectivity index is 0.00000364. The number of carbonyl (C=O) groups excluding carboxylic acids is 2. The third-order valence-corrected chi connectivity index (χ3v) is 3.79. The smallest absolute Gasteiger partial charge is 0.326 e. The van der Waals surface area contributed by atoms with E-state index in [1.807, 2.05) is 6.92 Å². The van der Waals surface area contributed by atoms with Crippen molar-refractivity contribution in [2.45, 2.75) is 32.5 Å². The molecule has 0 bridgehead atoms. The topological polar surface area (TPSA) is 72.2 Å². The minimum Gasteiger partial charge on any atom is -0.326 e. The largest absolute Gasteiger partial charge is 0.416 e. The van der Waals surface area contributed by atoms with Gasteiger partial charge in [-0.15, -0.1) is 12.4 Å². The standard InChI is InChI=1S/C19H19F3N2O2.ClH/c1-12-2-4-14(5-3-12)17(25)6-7-18(26)24-16-9-13(11-23)8-15(10-16)19(20,21)22;/h2-5,8-10H,6-7,11,23H2,1H3,(H,24,26);1H. The lowest BCUT2D eigenvalue weighted by molar-refractivity contribution is -0.137. The van der Waals surface area contributed by atoms with Crippen LogP contribution >= 0.6 is 12.4 Å². The van der Waals surface area contributed by atoms with Gasteiger partial charge in [0.25, 0.3) is 0 Å². The molecule has 0 heterocycles. The molecule has 0 radical (unpaired) electrons. The van der Waals surface area contributed by atoms with Crippen molar-refractivity contribution in [2.75, 3.05) is 5.32 Å². The highest BCUT2D eigenvalue weighted by Crippen LogP contribution is 2.32. The van der Waals surface area contributed by atoms with E-state index >= 15 is 0 Å². The van der Waals surface area contributed by atoms with E-state index in [9.17, 15) is 22.8 Å². The van der Waals surface area contributed by atoms with Gasteiger partial charge in [-0.3, -0.25) is 9.59 Å². The second-order valence-electron chi connectivity index (χ2n) is 5.96. The minimum absolute atomic E-state index is 0. The minimum atomic E-state index is -4.54. The number of carbonyl (C=O) groups is 2. The Bertz CT molecular complexity index is 806. The molecular weight excluding hydrogens is 381 g/mol. The number of alkyl halides is 3. The summed E-state index contributed by atoms with van der Waals surface area (Å²) in [5.74, 6) is -0.736. The van der Waals surface area contributed by atoms with Crippen LogP contribution in [0, 0.1) is 6.92 Å². The highest BCUT2D eigenvalue weighted by molar-refractivity contribution is 6.00. The molecule has 0 aromatic heterocycles. The Hall–Kier alpha value is -2.38. The molecule has 2 aromatic carbocycles. The van der Waals surface area contributed by atoms with Gasteiger partial charge in [0.05, 0.1) is 5.56 Å². The molecule has 0 aliphatic heterocycles. The van der Waals surface area contributed by atoms with Gasteiger partial charge in [-0.1, -0.05) is 29.8 Å². The fourth-order valence-electron chi connectivity index (χ4n) is 2.38. The van der Waals surface area contributed by atoms with Crippen molar-refractivity contribution in [2.24, 2.45) is 5.73 Å². The number of hydrogen-bond donors (Lipinski definition) is 2. The lowest BCUT2D eigenvalue weighted by Gasteiger charge is -2.12. The maximum atomic E-state index is 12.9. The molecule has 8 heteroatoms. The van der Waals surface area contributed by atoms with Crippen molar-refractivity contribution in [3.8, 4) is 0 Å². The molecule has 0 saturated heterocycles. The van der Waals surface area contributed by atoms with E-state index in [4.69, 9.17) is 5.73 Å². The highest BCUT2D eigenvalue weighted by Gasteiger charge is 2.31. The van der Waals surface area contributed by atoms with Gasteiger partial charge in [0.15, 0.2) is 5.78 Å². The molecule has 1 amide bonds. The number of nitrogens with one attached hydrogen (secondary N) is 1. The number of hydrogen-bond acceptors (Lipinski definition) is 3. The van der Waals surface area contributed by atoms with Gasteiger partial charge in [0.2, 0.25) is 5.91 Å². The van der Waals surface area contributed by atoms with E-state index in [2.05, 4.69) is 5.32 Å². The maximum absolute atomic E-state index is 12.9. The number of halogens is 4. The van der Waals surface area contributed by atoms with Crippen molar-refractivity contribution in [1.82, 2.24) is 0 Å². The molecular formula is C19H20ClF3N2O2. The Labute approximate surface area is 161 Å². The number of aryl methyl sites for hydroxylation is 1. The first-order valence-corrected chi connectivity index (χ1v) is 8.00. The van der Waals surface area contributed by atoms with Crippen molar-refractivity contribution < 1.29 is 22.8 Å². The molecule has 0 fully saturated rings. The van der Waals surface area contributed by atoms with E-state index in [1.165, 1.54) is 6.07 Å². The van der Waals surface area contributed by atoms with Crippen LogP contribution in [-0.4, -0.2) is 11.7 Å². The quantitative estimate of drug-likeness (QED) is 0.701. The number of rotatable bonds is 6. The van der Waals surface area contributed by atoms with Crippen LogP contribution < -0.4 is 11.1 Å². The van der Waals surface area contributed by atoms with E-state index < -0.39 is 17.6 Å². The zero-order valence-electron chi connectivity index (χ0n) is 14.6. The van der Waals surface area contributed by atoms with Gasteiger partial charge < -0.3 is 11.1 Å². The van der Waals surface area contributed by atoms with E-state index in [0.717, 1.165) is 17.7 Å². The van der Waals surface area contributed by atoms with Crippen molar-refractivity contribution in [1.29, 1.82) is 0 Å². The van der Waals surface area contributed by atoms with Crippen LogP contribution in [-0.2, 0) is 17.5 Å². The number of amides is 1. The van der Waals surface area contributed by atoms with E-state index in [0.29, 0.717) is 5.56 Å². The zero-order chi connectivity index (χ0) is 19.3. The molecule has 0 atom stereocenters. The molecule has 0 aliphatic carbocycles. The fraction of sp³-hybridized carbons (Fsp3) is 0.263. The number of Topliss-reactive ketones (excluding diaryl/α,β-unsaturated/α-hetero) is 1. The summed E-state index contributed by atoms with van der Waals surface area (Å²) in [5, 5.41) is 2.40. The second-order valence-corrected chi connectivity index (χ2v) is 5.96. The first-order chi connectivity index (χ1) is 12.2. The van der Waals surface area contributed by atoms with Crippen LogP contribution in [0.15, 0.2) is 42.5 Å². The van der Waals surface area contributed by atoms with Crippen LogP contribution in [0.4, 0.5) is 18.9 Å². The second kappa shape index (κ2) is 9.53. The van der Waals surface area contributed by atoms with Gasteiger partial charge in [-0.25, -0.2) is 0 Å². The summed E-state index contributed by atoms with van der Waals surface area (Å²) in [6, 6.07) is 10.1. The van der Waals surface area contributed by atoms with Crippen molar-refractivity contribution >= 4 is 29.8 Å². The summed E-state index contributed by atoms with van der Waals surface area (Å²) in [5.41, 5.74) is 6.30. The number of ketones is 1. The summed E-state index contributed by atoms with van der Waals surface area (Å²) in [6.07, 6.45) is -4.69. The van der Waals surface area contributed by atoms with Crippen LogP contribution in [0.1, 0.15) is 39.9 Å². The molecule has 3 N–H and O–H groups in total. The SMILES string of the molecule is Cc1ccc(C(=O)CCC(=O)Nc2cc(CN)cc(C(F)(F)F)c2)cc1.Cl. The van der Waals surface area contributed by atoms with Gasteiger partial charge in [0.1, 0.15) is 0 Å². The Morgan fingerprint density at radius 1 is 1.04 bits per heavy atom.